The van der Waals surface area contributed by atoms with E-state index in [1.807, 2.05) is 74.5 Å². The number of carboxylic acids is 1. The number of carbonyl (C=O) groups is 1. The van der Waals surface area contributed by atoms with Crippen LogP contribution in [0.1, 0.15) is 20.8 Å². The zero-order valence-electron chi connectivity index (χ0n) is 20.6. The molecule has 0 bridgehead atoms. The van der Waals surface area contributed by atoms with Crippen molar-refractivity contribution in [1.82, 2.24) is 4.98 Å². The number of fused-ring (bicyclic) bond motifs is 1. The number of hydrogen-bond donors (Lipinski definition) is 2. The predicted octanol–water partition coefficient (Wildman–Crippen LogP) is 7.52. The molecule has 0 amide bonds. The largest absolute Gasteiger partial charge is 0.477 e. The highest BCUT2D eigenvalue weighted by atomic mass is 32.1. The van der Waals surface area contributed by atoms with Crippen molar-refractivity contribution in [3.05, 3.63) is 101 Å². The van der Waals surface area contributed by atoms with Gasteiger partial charge in [-0.2, -0.15) is 0 Å². The summed E-state index contributed by atoms with van der Waals surface area (Å²) in [5.41, 5.74) is 6.01. The zero-order chi connectivity index (χ0) is 26.2. The molecular weight excluding hydrogens is 503 g/mol. The van der Waals surface area contributed by atoms with Gasteiger partial charge in [0, 0.05) is 23.6 Å². The Balaban J connectivity index is 1.50. The standard InChI is InChI=1S/C29H25N2O4PS/c1-18-9-14-26(19(2)16-18)36(34,35-3)31-25-17-27(37-28(25)29(32)33)21-12-10-20(11-13-21)22-6-4-8-24-23(22)7-5-15-30-24/h4-17H,1-3H3,(H,31,34)(H,32,33). The van der Waals surface area contributed by atoms with Gasteiger partial charge in [-0.3, -0.25) is 9.55 Å². The van der Waals surface area contributed by atoms with Crippen molar-refractivity contribution in [2.75, 3.05) is 12.2 Å². The van der Waals surface area contributed by atoms with Gasteiger partial charge in [-0.05, 0) is 60.4 Å². The molecule has 0 saturated carbocycles. The Morgan fingerprint density at radius 3 is 2.43 bits per heavy atom. The van der Waals surface area contributed by atoms with Crippen molar-refractivity contribution >= 4 is 46.7 Å². The zero-order valence-corrected chi connectivity index (χ0v) is 22.3. The number of hydrogen-bond acceptors (Lipinski definition) is 5. The second-order valence-corrected chi connectivity index (χ2v) is 12.0. The van der Waals surface area contributed by atoms with E-state index in [4.69, 9.17) is 4.52 Å². The van der Waals surface area contributed by atoms with Crippen molar-refractivity contribution in [1.29, 1.82) is 0 Å². The fourth-order valence-corrected chi connectivity index (χ4v) is 7.18. The number of thiophene rings is 1. The lowest BCUT2D eigenvalue weighted by atomic mass is 9.99. The summed E-state index contributed by atoms with van der Waals surface area (Å²) in [6, 6.07) is 25.2. The van der Waals surface area contributed by atoms with Crippen molar-refractivity contribution in [2.45, 2.75) is 13.8 Å². The van der Waals surface area contributed by atoms with E-state index in [1.54, 1.807) is 18.3 Å². The van der Waals surface area contributed by atoms with Gasteiger partial charge in [0.05, 0.1) is 16.5 Å². The van der Waals surface area contributed by atoms with E-state index in [-0.39, 0.29) is 10.6 Å². The molecule has 1 atom stereocenters. The Kier molecular flexibility index (Phi) is 6.69. The van der Waals surface area contributed by atoms with Gasteiger partial charge in [-0.1, -0.05) is 60.2 Å². The van der Waals surface area contributed by atoms with E-state index in [0.29, 0.717) is 5.30 Å². The Labute approximate surface area is 219 Å². The van der Waals surface area contributed by atoms with Crippen LogP contribution in [0.15, 0.2) is 85.1 Å². The maximum atomic E-state index is 13.8. The highest BCUT2D eigenvalue weighted by Crippen LogP contribution is 2.49. The van der Waals surface area contributed by atoms with Crippen LogP contribution >= 0.6 is 18.9 Å². The Morgan fingerprint density at radius 2 is 1.73 bits per heavy atom. The summed E-state index contributed by atoms with van der Waals surface area (Å²) in [6.45, 7) is 3.82. The average molecular weight is 529 g/mol. The molecule has 0 aliphatic carbocycles. The normalized spacial score (nSPS) is 12.8. The van der Waals surface area contributed by atoms with Gasteiger partial charge in [-0.15, -0.1) is 11.3 Å². The number of aromatic nitrogens is 1. The molecule has 0 saturated heterocycles. The molecule has 2 aromatic heterocycles. The summed E-state index contributed by atoms with van der Waals surface area (Å²) in [6.07, 6.45) is 1.78. The van der Waals surface area contributed by atoms with Gasteiger partial charge in [-0.25, -0.2) is 4.79 Å². The molecule has 2 N–H and O–H groups in total. The van der Waals surface area contributed by atoms with E-state index in [9.17, 15) is 14.5 Å². The lowest BCUT2D eigenvalue weighted by Crippen LogP contribution is -2.17. The van der Waals surface area contributed by atoms with Gasteiger partial charge < -0.3 is 14.7 Å². The second-order valence-electron chi connectivity index (χ2n) is 8.75. The number of anilines is 1. The molecule has 2 heterocycles. The summed E-state index contributed by atoms with van der Waals surface area (Å²) in [5, 5.41) is 14.4. The molecule has 186 valence electrons. The second kappa shape index (κ2) is 9.94. The number of benzene rings is 3. The van der Waals surface area contributed by atoms with Gasteiger partial charge in [0.25, 0.3) is 0 Å². The number of carboxylic acid groups (broad SMARTS) is 1. The van der Waals surface area contributed by atoms with E-state index in [1.165, 1.54) is 7.11 Å². The molecule has 1 unspecified atom stereocenters. The molecule has 0 aliphatic rings. The monoisotopic (exact) mass is 528 g/mol. The van der Waals surface area contributed by atoms with Crippen molar-refractivity contribution < 1.29 is 19.0 Å². The molecular formula is C29H25N2O4PS. The molecule has 0 spiro atoms. The van der Waals surface area contributed by atoms with Gasteiger partial charge in [0.15, 0.2) is 0 Å². The van der Waals surface area contributed by atoms with Crippen LogP contribution in [0.25, 0.3) is 32.5 Å². The van der Waals surface area contributed by atoms with Crippen molar-refractivity contribution in [3.63, 3.8) is 0 Å². The maximum absolute atomic E-state index is 13.8. The highest BCUT2D eigenvalue weighted by molar-refractivity contribution is 7.68. The van der Waals surface area contributed by atoms with E-state index in [0.717, 1.165) is 54.9 Å². The fourth-order valence-electron chi connectivity index (χ4n) is 4.44. The Bertz CT molecular complexity index is 1670. The van der Waals surface area contributed by atoms with Gasteiger partial charge in [0.1, 0.15) is 4.88 Å². The van der Waals surface area contributed by atoms with E-state index >= 15 is 0 Å². The van der Waals surface area contributed by atoms with Crippen LogP contribution in [-0.4, -0.2) is 23.2 Å². The number of nitrogens with one attached hydrogen (secondary N) is 1. The smallest absolute Gasteiger partial charge is 0.348 e. The van der Waals surface area contributed by atoms with Gasteiger partial charge >= 0.3 is 13.5 Å². The highest BCUT2D eigenvalue weighted by Gasteiger charge is 2.30. The lowest BCUT2D eigenvalue weighted by molar-refractivity contribution is 0.0703. The first-order valence-corrected chi connectivity index (χ1v) is 14.1. The SMILES string of the molecule is COP(=O)(Nc1cc(-c2ccc(-c3cccc4ncccc34)cc2)sc1C(=O)O)c1ccc(C)cc1C. The van der Waals surface area contributed by atoms with Crippen LogP contribution in [-0.2, 0) is 9.09 Å². The van der Waals surface area contributed by atoms with Crippen LogP contribution < -0.4 is 10.4 Å². The fraction of sp³-hybridized carbons (Fsp3) is 0.103. The third-order valence-electron chi connectivity index (χ3n) is 6.25. The number of rotatable bonds is 7. The first-order valence-electron chi connectivity index (χ1n) is 11.6. The van der Waals surface area contributed by atoms with Crippen molar-refractivity contribution in [3.8, 4) is 21.6 Å². The van der Waals surface area contributed by atoms with Gasteiger partial charge in [0.2, 0.25) is 0 Å². The molecule has 37 heavy (non-hydrogen) atoms. The maximum Gasteiger partial charge on any atom is 0.348 e. The number of nitrogens with zero attached hydrogens (tertiary/aromatic N) is 1. The van der Waals surface area contributed by atoms with Crippen LogP contribution in [0, 0.1) is 13.8 Å². The average Bonchev–Trinajstić information content (AvgIpc) is 3.32. The minimum absolute atomic E-state index is 0.0706. The number of aryl methyl sites for hydroxylation is 2. The molecule has 6 nitrogen and oxygen atoms in total. The number of pyridine rings is 1. The first-order chi connectivity index (χ1) is 17.8. The van der Waals surface area contributed by atoms with Crippen LogP contribution in [0.5, 0.6) is 0 Å². The molecule has 5 rings (SSSR count). The molecule has 0 radical (unpaired) electrons. The third kappa shape index (κ3) is 4.81. The minimum Gasteiger partial charge on any atom is -0.477 e. The molecule has 3 aromatic carbocycles. The predicted molar refractivity (Wildman–Crippen MR) is 151 cm³/mol. The first kappa shape index (κ1) is 24.9. The third-order valence-corrected chi connectivity index (χ3v) is 9.60. The van der Waals surface area contributed by atoms with E-state index in [2.05, 4.69) is 16.1 Å². The van der Waals surface area contributed by atoms with Crippen molar-refractivity contribution in [2.24, 2.45) is 0 Å². The molecule has 0 fully saturated rings. The number of aromatic carboxylic acids is 1. The molecule has 8 heteroatoms. The summed E-state index contributed by atoms with van der Waals surface area (Å²) < 4.78 is 19.2. The van der Waals surface area contributed by atoms with E-state index < -0.39 is 13.5 Å². The summed E-state index contributed by atoms with van der Waals surface area (Å²) >= 11 is 1.13. The Morgan fingerprint density at radius 1 is 0.973 bits per heavy atom. The molecule has 0 aliphatic heterocycles. The van der Waals surface area contributed by atoms with Crippen LogP contribution in [0.3, 0.4) is 0 Å². The van der Waals surface area contributed by atoms with Crippen LogP contribution in [0.2, 0.25) is 0 Å². The summed E-state index contributed by atoms with van der Waals surface area (Å²) in [5.74, 6) is -1.10. The topological polar surface area (TPSA) is 88.5 Å². The lowest BCUT2D eigenvalue weighted by Gasteiger charge is -2.20. The Hall–Kier alpha value is -3.77. The molecule has 5 aromatic rings. The summed E-state index contributed by atoms with van der Waals surface area (Å²) in [4.78, 5) is 17.3. The van der Waals surface area contributed by atoms with Crippen LogP contribution in [0.4, 0.5) is 5.69 Å². The summed E-state index contributed by atoms with van der Waals surface area (Å²) in [7, 11) is -2.20. The quantitative estimate of drug-likeness (QED) is 0.212. The minimum atomic E-state index is -3.56.